The van der Waals surface area contributed by atoms with E-state index in [1.807, 2.05) is 0 Å². The molecule has 0 bridgehead atoms. The fraction of sp³-hybridized carbons (Fsp3) is 0.320. The molecular formula is C25H25FN6O4. The van der Waals surface area contributed by atoms with Crippen molar-refractivity contribution in [3.8, 4) is 11.5 Å². The molecule has 1 saturated heterocycles. The first-order chi connectivity index (χ1) is 17.5. The molecule has 1 aliphatic heterocycles. The third kappa shape index (κ3) is 4.39. The van der Waals surface area contributed by atoms with Gasteiger partial charge in [0.2, 0.25) is 0 Å². The molecule has 4 aromatic rings. The number of ether oxygens (including phenoxy) is 2. The Labute approximate surface area is 205 Å². The Balaban J connectivity index is 1.35. The average molecular weight is 493 g/mol. The number of hydrogen-bond acceptors (Lipinski definition) is 7. The number of rotatable bonds is 6. The second-order valence-electron chi connectivity index (χ2n) is 8.60. The highest BCUT2D eigenvalue weighted by Gasteiger charge is 2.30. The van der Waals surface area contributed by atoms with Crippen LogP contribution in [-0.4, -0.2) is 63.1 Å². The number of piperidine rings is 1. The van der Waals surface area contributed by atoms with E-state index in [1.54, 1.807) is 35.2 Å². The van der Waals surface area contributed by atoms with Gasteiger partial charge in [-0.05, 0) is 42.7 Å². The minimum atomic E-state index is -0.363. The Bertz CT molecular complexity index is 1440. The predicted octanol–water partition coefficient (Wildman–Crippen LogP) is 2.74. The van der Waals surface area contributed by atoms with Crippen LogP contribution >= 0.6 is 0 Å². The van der Waals surface area contributed by atoms with Crippen molar-refractivity contribution in [2.24, 2.45) is 0 Å². The Kier molecular flexibility index (Phi) is 6.36. The molecule has 36 heavy (non-hydrogen) atoms. The zero-order valence-corrected chi connectivity index (χ0v) is 19.9. The van der Waals surface area contributed by atoms with Gasteiger partial charge in [-0.2, -0.15) is 0 Å². The number of nitrogens with zero attached hydrogens (tertiary/aromatic N) is 5. The molecule has 5 rings (SSSR count). The molecule has 0 unspecified atom stereocenters. The fourth-order valence-corrected chi connectivity index (χ4v) is 4.52. The SMILES string of the molecule is COc1cccc(OC)c1C(=O)N1CCC(c2nc3c(nnn3Cc3ccc(F)cc3)c(=O)[nH]2)CC1. The topological polar surface area (TPSA) is 115 Å². The number of hydrogen-bond donors (Lipinski definition) is 1. The van der Waals surface area contributed by atoms with E-state index in [-0.39, 0.29) is 28.7 Å². The molecule has 2 aromatic carbocycles. The summed E-state index contributed by atoms with van der Waals surface area (Å²) in [5.41, 5.74) is 1.36. The van der Waals surface area contributed by atoms with E-state index in [2.05, 4.69) is 20.3 Å². The van der Waals surface area contributed by atoms with Crippen LogP contribution < -0.4 is 15.0 Å². The average Bonchev–Trinajstić information content (AvgIpc) is 3.32. The van der Waals surface area contributed by atoms with Gasteiger partial charge in [0.15, 0.2) is 11.2 Å². The molecule has 1 aliphatic rings. The monoisotopic (exact) mass is 492 g/mol. The number of nitrogens with one attached hydrogen (secondary N) is 1. The van der Waals surface area contributed by atoms with Crippen molar-refractivity contribution < 1.29 is 18.7 Å². The maximum absolute atomic E-state index is 13.3. The molecule has 0 atom stereocenters. The van der Waals surface area contributed by atoms with Crippen molar-refractivity contribution in [2.45, 2.75) is 25.3 Å². The molecule has 186 valence electrons. The molecule has 2 aromatic heterocycles. The summed E-state index contributed by atoms with van der Waals surface area (Å²) in [4.78, 5) is 35.3. The van der Waals surface area contributed by atoms with Gasteiger partial charge in [0.1, 0.15) is 28.7 Å². The van der Waals surface area contributed by atoms with E-state index < -0.39 is 0 Å². The number of carbonyl (C=O) groups is 1. The van der Waals surface area contributed by atoms with Gasteiger partial charge in [-0.3, -0.25) is 9.59 Å². The highest BCUT2D eigenvalue weighted by Crippen LogP contribution is 2.32. The second-order valence-corrected chi connectivity index (χ2v) is 8.60. The summed E-state index contributed by atoms with van der Waals surface area (Å²) in [5, 5.41) is 8.05. The minimum absolute atomic E-state index is 0.0418. The lowest BCUT2D eigenvalue weighted by atomic mass is 9.95. The largest absolute Gasteiger partial charge is 0.496 e. The first-order valence-corrected chi connectivity index (χ1v) is 11.6. The van der Waals surface area contributed by atoms with Crippen molar-refractivity contribution in [3.05, 3.63) is 75.6 Å². The molecule has 0 saturated carbocycles. The van der Waals surface area contributed by atoms with Crippen molar-refractivity contribution in [1.29, 1.82) is 0 Å². The molecule has 1 N–H and O–H groups in total. The zero-order chi connectivity index (χ0) is 25.2. The maximum Gasteiger partial charge on any atom is 0.281 e. The van der Waals surface area contributed by atoms with Crippen molar-refractivity contribution in [2.75, 3.05) is 27.3 Å². The number of likely N-dealkylation sites (tertiary alicyclic amines) is 1. The van der Waals surface area contributed by atoms with Crippen LogP contribution in [0.5, 0.6) is 11.5 Å². The third-order valence-electron chi connectivity index (χ3n) is 6.45. The summed E-state index contributed by atoms with van der Waals surface area (Å²) in [6.45, 7) is 1.28. The number of H-pyrrole nitrogens is 1. The lowest BCUT2D eigenvalue weighted by molar-refractivity contribution is 0.0704. The van der Waals surface area contributed by atoms with Gasteiger partial charge in [0, 0.05) is 19.0 Å². The van der Waals surface area contributed by atoms with Crippen molar-refractivity contribution >= 4 is 17.1 Å². The standard InChI is InChI=1S/C25H25FN6O4/c1-35-18-4-3-5-19(36-2)20(18)25(34)31-12-10-16(11-13-31)22-27-23-21(24(33)28-22)29-30-32(23)14-15-6-8-17(26)9-7-15/h3-9,16H,10-14H2,1-2H3,(H,27,28,33). The molecule has 0 radical (unpaired) electrons. The Morgan fingerprint density at radius 3 is 2.39 bits per heavy atom. The van der Waals surface area contributed by atoms with Gasteiger partial charge >= 0.3 is 0 Å². The van der Waals surface area contributed by atoms with Crippen molar-refractivity contribution in [1.82, 2.24) is 29.9 Å². The molecule has 11 heteroatoms. The second kappa shape index (κ2) is 9.76. The van der Waals surface area contributed by atoms with E-state index in [9.17, 15) is 14.0 Å². The minimum Gasteiger partial charge on any atom is -0.496 e. The Morgan fingerprint density at radius 1 is 1.08 bits per heavy atom. The van der Waals surface area contributed by atoms with Crippen LogP contribution in [0.2, 0.25) is 0 Å². The van der Waals surface area contributed by atoms with Gasteiger partial charge in [-0.15, -0.1) is 5.10 Å². The van der Waals surface area contributed by atoms with Crippen LogP contribution in [0.25, 0.3) is 11.2 Å². The van der Waals surface area contributed by atoms with E-state index in [0.29, 0.717) is 61.0 Å². The Morgan fingerprint density at radius 2 is 1.75 bits per heavy atom. The third-order valence-corrected chi connectivity index (χ3v) is 6.45. The number of halogens is 1. The normalized spacial score (nSPS) is 14.2. The molecule has 1 amide bonds. The molecule has 0 aliphatic carbocycles. The van der Waals surface area contributed by atoms with Crippen LogP contribution in [-0.2, 0) is 6.54 Å². The van der Waals surface area contributed by atoms with Crippen molar-refractivity contribution in [3.63, 3.8) is 0 Å². The summed E-state index contributed by atoms with van der Waals surface area (Å²) in [6, 6.07) is 11.3. The molecule has 3 heterocycles. The zero-order valence-electron chi connectivity index (χ0n) is 19.9. The van der Waals surface area contributed by atoms with Crippen LogP contribution in [0.4, 0.5) is 4.39 Å². The van der Waals surface area contributed by atoms with Gasteiger partial charge in [-0.25, -0.2) is 14.1 Å². The quantitative estimate of drug-likeness (QED) is 0.440. The highest BCUT2D eigenvalue weighted by molar-refractivity contribution is 5.99. The number of aromatic amines is 1. The van der Waals surface area contributed by atoms with E-state index in [4.69, 9.17) is 9.47 Å². The summed E-state index contributed by atoms with van der Waals surface area (Å²) in [6.07, 6.45) is 1.24. The summed E-state index contributed by atoms with van der Waals surface area (Å²) < 4.78 is 25.6. The summed E-state index contributed by atoms with van der Waals surface area (Å²) in [7, 11) is 3.04. The van der Waals surface area contributed by atoms with Crippen LogP contribution in [0.15, 0.2) is 47.3 Å². The predicted molar refractivity (Wildman–Crippen MR) is 129 cm³/mol. The lowest BCUT2D eigenvalue weighted by Gasteiger charge is -2.32. The number of carbonyl (C=O) groups excluding carboxylic acids is 1. The molecule has 10 nitrogen and oxygen atoms in total. The molecule has 1 fully saturated rings. The number of aromatic nitrogens is 5. The number of benzene rings is 2. The van der Waals surface area contributed by atoms with Crippen LogP contribution in [0.3, 0.4) is 0 Å². The van der Waals surface area contributed by atoms with Crippen LogP contribution in [0, 0.1) is 5.82 Å². The summed E-state index contributed by atoms with van der Waals surface area (Å²) in [5.74, 6) is 0.922. The van der Waals surface area contributed by atoms with E-state index >= 15 is 0 Å². The van der Waals surface area contributed by atoms with Gasteiger partial charge in [-0.1, -0.05) is 23.4 Å². The van der Waals surface area contributed by atoms with E-state index in [1.165, 1.54) is 31.0 Å². The van der Waals surface area contributed by atoms with Crippen LogP contribution in [0.1, 0.15) is 40.5 Å². The lowest BCUT2D eigenvalue weighted by Crippen LogP contribution is -2.38. The summed E-state index contributed by atoms with van der Waals surface area (Å²) >= 11 is 0. The number of fused-ring (bicyclic) bond motifs is 1. The number of methoxy groups -OCH3 is 2. The smallest absolute Gasteiger partial charge is 0.281 e. The number of amides is 1. The molecular weight excluding hydrogens is 467 g/mol. The van der Waals surface area contributed by atoms with Gasteiger partial charge in [0.05, 0.1) is 20.8 Å². The van der Waals surface area contributed by atoms with Gasteiger partial charge in [0.25, 0.3) is 11.5 Å². The maximum atomic E-state index is 13.3. The van der Waals surface area contributed by atoms with E-state index in [0.717, 1.165) is 5.56 Å². The fourth-order valence-electron chi connectivity index (χ4n) is 4.52. The molecule has 0 spiro atoms. The van der Waals surface area contributed by atoms with Gasteiger partial charge < -0.3 is 19.4 Å². The first kappa shape index (κ1) is 23.5. The highest BCUT2D eigenvalue weighted by atomic mass is 19.1. The first-order valence-electron chi connectivity index (χ1n) is 11.6. The Hall–Kier alpha value is -4.28.